The lowest BCUT2D eigenvalue weighted by Gasteiger charge is -2.12. The SMILES string of the molecule is c1ccc(-n2c(-c3ccc(-c4ccc5c6c(cccc46)-c4ccccc4-5)cc3)nc3ccccc32)cc1. The van der Waals surface area contributed by atoms with Gasteiger partial charge in [0.2, 0.25) is 0 Å². The van der Waals surface area contributed by atoms with E-state index in [1.807, 2.05) is 12.1 Å². The van der Waals surface area contributed by atoms with Crippen LogP contribution >= 0.6 is 0 Å². The molecule has 2 nitrogen and oxygen atoms in total. The summed E-state index contributed by atoms with van der Waals surface area (Å²) in [5.41, 5.74) is 12.1. The van der Waals surface area contributed by atoms with Crippen LogP contribution in [0.15, 0.2) is 133 Å². The maximum atomic E-state index is 5.03. The Morgan fingerprint density at radius 1 is 0.432 bits per heavy atom. The molecule has 0 bridgehead atoms. The van der Waals surface area contributed by atoms with Gasteiger partial charge in [-0.05, 0) is 68.4 Å². The van der Waals surface area contributed by atoms with E-state index in [0.717, 1.165) is 28.1 Å². The number of hydrogen-bond donors (Lipinski definition) is 0. The third-order valence-corrected chi connectivity index (χ3v) is 7.58. The van der Waals surface area contributed by atoms with Crippen molar-refractivity contribution in [1.82, 2.24) is 9.55 Å². The zero-order chi connectivity index (χ0) is 24.3. The first-order chi connectivity index (χ1) is 18.4. The molecule has 7 aromatic rings. The minimum atomic E-state index is 0.954. The number of hydrogen-bond acceptors (Lipinski definition) is 1. The summed E-state index contributed by atoms with van der Waals surface area (Å²) in [6.07, 6.45) is 0. The summed E-state index contributed by atoms with van der Waals surface area (Å²) in [5, 5.41) is 2.66. The molecule has 0 fully saturated rings. The fourth-order valence-corrected chi connectivity index (χ4v) is 5.92. The van der Waals surface area contributed by atoms with E-state index in [-0.39, 0.29) is 0 Å². The highest BCUT2D eigenvalue weighted by molar-refractivity contribution is 6.18. The van der Waals surface area contributed by atoms with E-state index in [2.05, 4.69) is 126 Å². The molecule has 1 heterocycles. The lowest BCUT2D eigenvalue weighted by molar-refractivity contribution is 1.10. The van der Waals surface area contributed by atoms with Crippen molar-refractivity contribution in [1.29, 1.82) is 0 Å². The second-order valence-corrected chi connectivity index (χ2v) is 9.61. The molecule has 172 valence electrons. The number of benzene rings is 6. The number of nitrogens with zero attached hydrogens (tertiary/aromatic N) is 2. The lowest BCUT2D eigenvalue weighted by atomic mass is 9.94. The highest BCUT2D eigenvalue weighted by Gasteiger charge is 2.22. The molecule has 37 heavy (non-hydrogen) atoms. The summed E-state index contributed by atoms with van der Waals surface area (Å²) in [4.78, 5) is 5.03. The summed E-state index contributed by atoms with van der Waals surface area (Å²) < 4.78 is 2.25. The highest BCUT2D eigenvalue weighted by atomic mass is 15.1. The van der Waals surface area contributed by atoms with E-state index in [1.165, 1.54) is 44.2 Å². The number of para-hydroxylation sites is 3. The molecular weight excluding hydrogens is 448 g/mol. The molecule has 0 N–H and O–H groups in total. The van der Waals surface area contributed by atoms with Crippen molar-refractivity contribution < 1.29 is 0 Å². The predicted molar refractivity (Wildman–Crippen MR) is 154 cm³/mol. The molecule has 0 amide bonds. The molecule has 0 aliphatic heterocycles. The summed E-state index contributed by atoms with van der Waals surface area (Å²) in [6, 6.07) is 47.7. The Balaban J connectivity index is 1.28. The third-order valence-electron chi connectivity index (χ3n) is 7.58. The van der Waals surface area contributed by atoms with Crippen LogP contribution in [0, 0.1) is 0 Å². The van der Waals surface area contributed by atoms with E-state index >= 15 is 0 Å². The van der Waals surface area contributed by atoms with Gasteiger partial charge < -0.3 is 0 Å². The average molecular weight is 471 g/mol. The van der Waals surface area contributed by atoms with Crippen molar-refractivity contribution in [3.63, 3.8) is 0 Å². The van der Waals surface area contributed by atoms with Gasteiger partial charge in [0.25, 0.3) is 0 Å². The van der Waals surface area contributed by atoms with Crippen LogP contribution in [-0.2, 0) is 0 Å². The topological polar surface area (TPSA) is 17.8 Å². The third kappa shape index (κ3) is 2.96. The largest absolute Gasteiger partial charge is 0.292 e. The fourth-order valence-electron chi connectivity index (χ4n) is 5.92. The zero-order valence-corrected chi connectivity index (χ0v) is 20.1. The Bertz CT molecular complexity index is 1930. The Morgan fingerprint density at radius 2 is 1.05 bits per heavy atom. The van der Waals surface area contributed by atoms with Crippen LogP contribution in [0.1, 0.15) is 0 Å². The van der Waals surface area contributed by atoms with Gasteiger partial charge in [-0.15, -0.1) is 0 Å². The quantitative estimate of drug-likeness (QED) is 0.252. The van der Waals surface area contributed by atoms with Crippen molar-refractivity contribution in [2.24, 2.45) is 0 Å². The minimum absolute atomic E-state index is 0.954. The number of aromatic nitrogens is 2. The summed E-state index contributed by atoms with van der Waals surface area (Å²) >= 11 is 0. The van der Waals surface area contributed by atoms with E-state index in [1.54, 1.807) is 0 Å². The van der Waals surface area contributed by atoms with Crippen LogP contribution < -0.4 is 0 Å². The van der Waals surface area contributed by atoms with Gasteiger partial charge in [-0.2, -0.15) is 0 Å². The van der Waals surface area contributed by atoms with Crippen molar-refractivity contribution in [2.45, 2.75) is 0 Å². The number of imidazole rings is 1. The molecule has 6 aromatic carbocycles. The maximum absolute atomic E-state index is 5.03. The molecule has 0 radical (unpaired) electrons. The first-order valence-electron chi connectivity index (χ1n) is 12.7. The number of rotatable bonds is 3. The fraction of sp³-hybridized carbons (Fsp3) is 0. The van der Waals surface area contributed by atoms with Gasteiger partial charge in [0.15, 0.2) is 0 Å². The Hall–Kier alpha value is -4.95. The van der Waals surface area contributed by atoms with Crippen molar-refractivity contribution in [2.75, 3.05) is 0 Å². The van der Waals surface area contributed by atoms with Gasteiger partial charge in [-0.25, -0.2) is 4.98 Å². The Labute approximate surface area is 215 Å². The van der Waals surface area contributed by atoms with Gasteiger partial charge in [0.05, 0.1) is 11.0 Å². The van der Waals surface area contributed by atoms with Crippen LogP contribution in [0.3, 0.4) is 0 Å². The predicted octanol–water partition coefficient (Wildman–Crippen LogP) is 9.16. The van der Waals surface area contributed by atoms with Crippen LogP contribution in [0.2, 0.25) is 0 Å². The van der Waals surface area contributed by atoms with Gasteiger partial charge in [-0.1, -0.05) is 109 Å². The maximum Gasteiger partial charge on any atom is 0.145 e. The summed E-state index contributed by atoms with van der Waals surface area (Å²) in [5.74, 6) is 0.954. The van der Waals surface area contributed by atoms with Crippen molar-refractivity contribution in [3.8, 4) is 50.5 Å². The molecule has 0 atom stereocenters. The Morgan fingerprint density at radius 3 is 1.86 bits per heavy atom. The monoisotopic (exact) mass is 470 g/mol. The van der Waals surface area contributed by atoms with E-state index in [4.69, 9.17) is 4.98 Å². The molecule has 1 aliphatic carbocycles. The van der Waals surface area contributed by atoms with Crippen LogP contribution in [-0.4, -0.2) is 9.55 Å². The molecule has 2 heteroatoms. The molecule has 0 unspecified atom stereocenters. The molecule has 1 aliphatic rings. The first kappa shape index (κ1) is 20.3. The smallest absolute Gasteiger partial charge is 0.145 e. The second kappa shape index (κ2) is 7.78. The van der Waals surface area contributed by atoms with Crippen LogP contribution in [0.5, 0.6) is 0 Å². The summed E-state index contributed by atoms with van der Waals surface area (Å²) in [7, 11) is 0. The van der Waals surface area contributed by atoms with Gasteiger partial charge in [-0.3, -0.25) is 4.57 Å². The molecule has 8 rings (SSSR count). The zero-order valence-electron chi connectivity index (χ0n) is 20.1. The van der Waals surface area contributed by atoms with E-state index in [0.29, 0.717) is 0 Å². The molecule has 0 saturated heterocycles. The second-order valence-electron chi connectivity index (χ2n) is 9.61. The standard InChI is InChI=1S/C35H22N2/c1-2-9-25(10-3-1)37-33-16-7-6-15-32(33)36-35(37)24-19-17-23(18-20-24)26-21-22-31-28-12-5-4-11-27(28)30-14-8-13-29(26)34(30)31/h1-22H. The van der Waals surface area contributed by atoms with Crippen LogP contribution in [0.25, 0.3) is 72.3 Å². The molecular formula is C35H22N2. The number of fused-ring (bicyclic) bond motifs is 4. The first-order valence-corrected chi connectivity index (χ1v) is 12.7. The minimum Gasteiger partial charge on any atom is -0.292 e. The highest BCUT2D eigenvalue weighted by Crippen LogP contribution is 2.49. The normalized spacial score (nSPS) is 11.8. The van der Waals surface area contributed by atoms with Crippen LogP contribution in [0.4, 0.5) is 0 Å². The van der Waals surface area contributed by atoms with E-state index < -0.39 is 0 Å². The van der Waals surface area contributed by atoms with Gasteiger partial charge >= 0.3 is 0 Å². The van der Waals surface area contributed by atoms with Crippen molar-refractivity contribution in [3.05, 3.63) is 133 Å². The lowest BCUT2D eigenvalue weighted by Crippen LogP contribution is -1.97. The van der Waals surface area contributed by atoms with Crippen molar-refractivity contribution >= 4 is 21.8 Å². The van der Waals surface area contributed by atoms with E-state index in [9.17, 15) is 0 Å². The molecule has 1 aromatic heterocycles. The summed E-state index contributed by atoms with van der Waals surface area (Å²) in [6.45, 7) is 0. The average Bonchev–Trinajstić information content (AvgIpc) is 3.52. The molecule has 0 spiro atoms. The Kier molecular flexibility index (Phi) is 4.26. The molecule has 0 saturated carbocycles. The van der Waals surface area contributed by atoms with Gasteiger partial charge in [0.1, 0.15) is 5.82 Å². The van der Waals surface area contributed by atoms with Gasteiger partial charge in [0, 0.05) is 11.3 Å².